The van der Waals surface area contributed by atoms with Crippen molar-refractivity contribution >= 4 is 0 Å². The largest absolute Gasteiger partial charge is 0.435 e. The molecule has 1 aliphatic rings. The van der Waals surface area contributed by atoms with Gasteiger partial charge in [0.15, 0.2) is 0 Å². The summed E-state index contributed by atoms with van der Waals surface area (Å²) in [5, 5.41) is 0. The molecule has 2 nitrogen and oxygen atoms in total. The van der Waals surface area contributed by atoms with Crippen LogP contribution >= 0.6 is 0 Å². The van der Waals surface area contributed by atoms with E-state index in [0.717, 1.165) is 29.9 Å². The number of nitrogens with two attached hydrogens (primary N) is 1. The summed E-state index contributed by atoms with van der Waals surface area (Å²) in [6, 6.07) is 5.20. The molecule has 0 amide bonds. The summed E-state index contributed by atoms with van der Waals surface area (Å²) in [7, 11) is 0. The second-order valence-electron chi connectivity index (χ2n) is 4.51. The van der Waals surface area contributed by atoms with Crippen LogP contribution in [0, 0.1) is 5.92 Å². The van der Waals surface area contributed by atoms with Gasteiger partial charge in [0.2, 0.25) is 0 Å². The molecule has 1 saturated carbocycles. The minimum atomic E-state index is -2.77. The summed E-state index contributed by atoms with van der Waals surface area (Å²) in [4.78, 5) is 0. The molecule has 1 aliphatic carbocycles. The summed E-state index contributed by atoms with van der Waals surface area (Å²) in [5.74, 6) is 1.06. The number of aryl methyl sites for hydroxylation is 1. The zero-order valence-electron chi connectivity index (χ0n) is 9.66. The lowest BCUT2D eigenvalue weighted by Gasteiger charge is -2.12. The van der Waals surface area contributed by atoms with Crippen molar-refractivity contribution in [2.45, 2.75) is 38.8 Å². The Kier molecular flexibility index (Phi) is 3.94. The molecule has 0 aromatic heterocycles. The van der Waals surface area contributed by atoms with Crippen molar-refractivity contribution in [1.29, 1.82) is 0 Å². The average molecular weight is 241 g/mol. The fraction of sp³-hybridized carbons (Fsp3) is 0.538. The Bertz CT molecular complexity index is 378. The van der Waals surface area contributed by atoms with Crippen LogP contribution in [-0.4, -0.2) is 6.61 Å². The second-order valence-corrected chi connectivity index (χ2v) is 4.51. The molecule has 0 spiro atoms. The van der Waals surface area contributed by atoms with Crippen LogP contribution in [0.2, 0.25) is 0 Å². The molecule has 0 saturated heterocycles. The molecule has 0 atom stereocenters. The first-order valence-electron chi connectivity index (χ1n) is 5.95. The second kappa shape index (κ2) is 5.45. The van der Waals surface area contributed by atoms with Crippen molar-refractivity contribution < 1.29 is 13.5 Å². The maximum Gasteiger partial charge on any atom is 0.387 e. The molecule has 0 radical (unpaired) electrons. The molecule has 0 heterocycles. The van der Waals surface area contributed by atoms with Crippen LogP contribution in [0.5, 0.6) is 5.75 Å². The van der Waals surface area contributed by atoms with Crippen LogP contribution in [0.15, 0.2) is 18.2 Å². The Hall–Kier alpha value is -1.16. The predicted molar refractivity (Wildman–Crippen MR) is 62.0 cm³/mol. The third-order valence-electron chi connectivity index (χ3n) is 3.10. The standard InChI is InChI=1S/C13H17F2NO/c14-13(15)17-12-6-4-10(8-16)7-11(12)5-3-9-1-2-9/h4,6-7,9,13H,1-3,5,8,16H2. The van der Waals surface area contributed by atoms with Crippen molar-refractivity contribution in [2.24, 2.45) is 11.7 Å². The normalized spacial score (nSPS) is 15.3. The lowest BCUT2D eigenvalue weighted by atomic mass is 10.0. The van der Waals surface area contributed by atoms with Crippen molar-refractivity contribution in [3.05, 3.63) is 29.3 Å². The van der Waals surface area contributed by atoms with Gasteiger partial charge < -0.3 is 10.5 Å². The summed E-state index contributed by atoms with van der Waals surface area (Å²) in [6.45, 7) is -2.34. The Morgan fingerprint density at radius 2 is 2.12 bits per heavy atom. The Morgan fingerprint density at radius 3 is 2.71 bits per heavy atom. The van der Waals surface area contributed by atoms with E-state index in [1.807, 2.05) is 6.07 Å². The molecule has 2 N–H and O–H groups in total. The third kappa shape index (κ3) is 3.66. The first-order chi connectivity index (χ1) is 8.19. The van der Waals surface area contributed by atoms with E-state index in [9.17, 15) is 8.78 Å². The SMILES string of the molecule is NCc1ccc(OC(F)F)c(CCC2CC2)c1. The molecule has 1 fully saturated rings. The van der Waals surface area contributed by atoms with E-state index < -0.39 is 6.61 Å². The van der Waals surface area contributed by atoms with E-state index in [1.54, 1.807) is 12.1 Å². The fourth-order valence-corrected chi connectivity index (χ4v) is 1.93. The summed E-state index contributed by atoms with van der Waals surface area (Å²) >= 11 is 0. The molecule has 0 aliphatic heterocycles. The van der Waals surface area contributed by atoms with Crippen molar-refractivity contribution in [1.82, 2.24) is 0 Å². The van der Waals surface area contributed by atoms with Crippen molar-refractivity contribution in [2.75, 3.05) is 0 Å². The lowest BCUT2D eigenvalue weighted by Crippen LogP contribution is -2.06. The zero-order chi connectivity index (χ0) is 12.3. The summed E-state index contributed by atoms with van der Waals surface area (Å²) in [5.41, 5.74) is 7.35. The third-order valence-corrected chi connectivity index (χ3v) is 3.10. The van der Waals surface area contributed by atoms with Crippen LogP contribution < -0.4 is 10.5 Å². The summed E-state index contributed by atoms with van der Waals surface area (Å²) < 4.78 is 29.0. The summed E-state index contributed by atoms with van der Waals surface area (Å²) in [6.07, 6.45) is 4.37. The van der Waals surface area contributed by atoms with Gasteiger partial charge in [0.1, 0.15) is 5.75 Å². The van der Waals surface area contributed by atoms with E-state index in [1.165, 1.54) is 12.8 Å². The highest BCUT2D eigenvalue weighted by molar-refractivity contribution is 5.37. The van der Waals surface area contributed by atoms with Gasteiger partial charge in [-0.2, -0.15) is 8.78 Å². The smallest absolute Gasteiger partial charge is 0.387 e. The molecule has 0 unspecified atom stereocenters. The van der Waals surface area contributed by atoms with E-state index in [4.69, 9.17) is 5.73 Å². The molecule has 17 heavy (non-hydrogen) atoms. The number of halogens is 2. The maximum absolute atomic E-state index is 12.2. The fourth-order valence-electron chi connectivity index (χ4n) is 1.93. The predicted octanol–water partition coefficient (Wildman–Crippen LogP) is 3.09. The minimum absolute atomic E-state index is 0.290. The molecule has 2 rings (SSSR count). The van der Waals surface area contributed by atoms with Crippen LogP contribution in [0.1, 0.15) is 30.4 Å². The Balaban J connectivity index is 2.10. The van der Waals surface area contributed by atoms with Gasteiger partial charge in [-0.05, 0) is 36.0 Å². The monoisotopic (exact) mass is 241 g/mol. The molecular weight excluding hydrogens is 224 g/mol. The number of alkyl halides is 2. The van der Waals surface area contributed by atoms with Gasteiger partial charge >= 0.3 is 6.61 Å². The first-order valence-corrected chi connectivity index (χ1v) is 5.95. The number of hydrogen-bond donors (Lipinski definition) is 1. The van der Waals surface area contributed by atoms with Gasteiger partial charge in [0, 0.05) is 6.54 Å². The van der Waals surface area contributed by atoms with E-state index in [0.29, 0.717) is 6.54 Å². The van der Waals surface area contributed by atoms with Crippen LogP contribution in [0.4, 0.5) is 8.78 Å². The molecular formula is C13H17F2NO. The topological polar surface area (TPSA) is 35.2 Å². The van der Waals surface area contributed by atoms with Crippen LogP contribution in [0.3, 0.4) is 0 Å². The van der Waals surface area contributed by atoms with E-state index >= 15 is 0 Å². The van der Waals surface area contributed by atoms with Crippen molar-refractivity contribution in [3.63, 3.8) is 0 Å². The van der Waals surface area contributed by atoms with Gasteiger partial charge in [-0.1, -0.05) is 25.0 Å². The van der Waals surface area contributed by atoms with E-state index in [2.05, 4.69) is 4.74 Å². The molecule has 4 heteroatoms. The van der Waals surface area contributed by atoms with E-state index in [-0.39, 0.29) is 5.75 Å². The van der Waals surface area contributed by atoms with Crippen LogP contribution in [-0.2, 0) is 13.0 Å². The number of hydrogen-bond acceptors (Lipinski definition) is 2. The van der Waals surface area contributed by atoms with Gasteiger partial charge in [-0.3, -0.25) is 0 Å². The highest BCUT2D eigenvalue weighted by Gasteiger charge is 2.21. The highest BCUT2D eigenvalue weighted by Crippen LogP contribution is 2.35. The maximum atomic E-state index is 12.2. The van der Waals surface area contributed by atoms with Gasteiger partial charge in [0.05, 0.1) is 0 Å². The quantitative estimate of drug-likeness (QED) is 0.830. The van der Waals surface area contributed by atoms with Crippen LogP contribution in [0.25, 0.3) is 0 Å². The Labute approximate surface area is 99.8 Å². The van der Waals surface area contributed by atoms with Gasteiger partial charge in [-0.25, -0.2) is 0 Å². The molecule has 0 bridgehead atoms. The number of benzene rings is 1. The average Bonchev–Trinajstić information content (AvgIpc) is 3.11. The first kappa shape index (κ1) is 12.3. The molecule has 1 aromatic rings. The minimum Gasteiger partial charge on any atom is -0.435 e. The molecule has 1 aromatic carbocycles. The lowest BCUT2D eigenvalue weighted by molar-refractivity contribution is -0.0504. The Morgan fingerprint density at radius 1 is 1.35 bits per heavy atom. The zero-order valence-corrected chi connectivity index (χ0v) is 9.66. The number of ether oxygens (including phenoxy) is 1. The van der Waals surface area contributed by atoms with Gasteiger partial charge in [0.25, 0.3) is 0 Å². The van der Waals surface area contributed by atoms with Gasteiger partial charge in [-0.15, -0.1) is 0 Å². The molecule has 94 valence electrons. The van der Waals surface area contributed by atoms with Crippen molar-refractivity contribution in [3.8, 4) is 5.75 Å². The highest BCUT2D eigenvalue weighted by atomic mass is 19.3. The number of rotatable bonds is 6.